The number of para-hydroxylation sites is 1. The maximum absolute atomic E-state index is 13.5. The number of halogens is 2. The largest absolute Gasteiger partial charge is 1.00 e. The number of anilines is 2. The smallest absolute Gasteiger partial charge is 0.308 e. The average molecular weight is 474 g/mol. The SMILES string of the molecule is COc1ccc(-c2sc(Nc3ccccc3)n[n+]2-c2ccc(F)cc2)c(OC)c1OC.[Cl-]. The molecular weight excluding hydrogens is 453 g/mol. The van der Waals surface area contributed by atoms with Gasteiger partial charge in [0.2, 0.25) is 11.4 Å². The van der Waals surface area contributed by atoms with Crippen molar-refractivity contribution in [3.8, 4) is 33.5 Å². The van der Waals surface area contributed by atoms with E-state index in [9.17, 15) is 4.39 Å². The summed E-state index contributed by atoms with van der Waals surface area (Å²) in [7, 11) is 4.71. The molecule has 6 nitrogen and oxygen atoms in total. The summed E-state index contributed by atoms with van der Waals surface area (Å²) in [6.07, 6.45) is 0. The van der Waals surface area contributed by atoms with Crippen LogP contribution in [0.2, 0.25) is 0 Å². The summed E-state index contributed by atoms with van der Waals surface area (Å²) in [5.74, 6) is 1.25. The van der Waals surface area contributed by atoms with Crippen LogP contribution in [0.1, 0.15) is 0 Å². The molecule has 0 aliphatic heterocycles. The van der Waals surface area contributed by atoms with Crippen molar-refractivity contribution in [2.45, 2.75) is 0 Å². The minimum absolute atomic E-state index is 0. The second kappa shape index (κ2) is 10.3. The van der Waals surface area contributed by atoms with Gasteiger partial charge in [0.05, 0.1) is 21.3 Å². The number of ether oxygens (including phenoxy) is 3. The van der Waals surface area contributed by atoms with Gasteiger partial charge in [0.1, 0.15) is 11.4 Å². The Kier molecular flexibility index (Phi) is 7.50. The van der Waals surface area contributed by atoms with Crippen LogP contribution in [0.25, 0.3) is 16.3 Å². The Morgan fingerprint density at radius 1 is 0.844 bits per heavy atom. The number of rotatable bonds is 7. The molecule has 0 fully saturated rings. The van der Waals surface area contributed by atoms with Gasteiger partial charge in [-0.15, -0.1) is 0 Å². The van der Waals surface area contributed by atoms with E-state index in [-0.39, 0.29) is 18.2 Å². The molecule has 1 aromatic heterocycles. The lowest BCUT2D eigenvalue weighted by Gasteiger charge is -2.13. The van der Waals surface area contributed by atoms with Gasteiger partial charge in [0.25, 0.3) is 5.13 Å². The molecule has 0 aliphatic rings. The lowest BCUT2D eigenvalue weighted by atomic mass is 10.1. The summed E-state index contributed by atoms with van der Waals surface area (Å²) in [6, 6.07) is 19.6. The third kappa shape index (κ3) is 4.61. The molecule has 0 radical (unpaired) electrons. The second-order valence-electron chi connectivity index (χ2n) is 6.47. The molecule has 4 rings (SSSR count). The summed E-state index contributed by atoms with van der Waals surface area (Å²) >= 11 is 1.44. The summed E-state index contributed by atoms with van der Waals surface area (Å²) < 4.78 is 31.9. The van der Waals surface area contributed by atoms with Crippen LogP contribution in [0.3, 0.4) is 0 Å². The quantitative estimate of drug-likeness (QED) is 0.416. The van der Waals surface area contributed by atoms with E-state index < -0.39 is 0 Å². The fraction of sp³-hybridized carbons (Fsp3) is 0.130. The molecule has 0 aliphatic carbocycles. The second-order valence-corrected chi connectivity index (χ2v) is 7.45. The van der Waals surface area contributed by atoms with E-state index in [0.717, 1.165) is 16.3 Å². The molecule has 0 atom stereocenters. The van der Waals surface area contributed by atoms with Crippen molar-refractivity contribution in [1.82, 2.24) is 5.10 Å². The van der Waals surface area contributed by atoms with Gasteiger partial charge < -0.3 is 31.9 Å². The van der Waals surface area contributed by atoms with Crippen LogP contribution in [0, 0.1) is 5.82 Å². The lowest BCUT2D eigenvalue weighted by molar-refractivity contribution is -0.642. The van der Waals surface area contributed by atoms with Gasteiger partial charge >= 0.3 is 5.01 Å². The van der Waals surface area contributed by atoms with Crippen molar-refractivity contribution in [2.75, 3.05) is 26.6 Å². The standard InChI is InChI=1S/C23H21FN3O3S.ClH/c1-28-19-14-13-18(20(29-2)21(19)30-3)22-27(17-11-9-15(24)10-12-17)26-23(31-22)25-16-7-5-4-6-8-16;/h4-14H,1-3H3,(H,25,26);1H/q+1;/p-1. The first-order valence-corrected chi connectivity index (χ1v) is 10.3. The number of nitrogens with one attached hydrogen (secondary N) is 1. The van der Waals surface area contributed by atoms with Crippen molar-refractivity contribution >= 4 is 22.2 Å². The first kappa shape index (κ1) is 23.3. The first-order chi connectivity index (χ1) is 15.1. The number of methoxy groups -OCH3 is 3. The predicted molar refractivity (Wildman–Crippen MR) is 118 cm³/mol. The van der Waals surface area contributed by atoms with Crippen molar-refractivity contribution in [1.29, 1.82) is 0 Å². The molecule has 166 valence electrons. The Morgan fingerprint density at radius 2 is 1.53 bits per heavy atom. The molecule has 1 N–H and O–H groups in total. The normalized spacial score (nSPS) is 10.2. The van der Waals surface area contributed by atoms with E-state index in [1.165, 1.54) is 23.5 Å². The molecule has 0 amide bonds. The zero-order valence-electron chi connectivity index (χ0n) is 17.6. The van der Waals surface area contributed by atoms with Crippen molar-refractivity contribution < 1.29 is 35.7 Å². The zero-order chi connectivity index (χ0) is 21.8. The Morgan fingerprint density at radius 3 is 2.16 bits per heavy atom. The van der Waals surface area contributed by atoms with Crippen LogP contribution in [-0.2, 0) is 0 Å². The average Bonchev–Trinajstić information content (AvgIpc) is 3.22. The van der Waals surface area contributed by atoms with E-state index in [2.05, 4.69) is 5.32 Å². The third-order valence-electron chi connectivity index (χ3n) is 4.61. The van der Waals surface area contributed by atoms with Crippen LogP contribution in [-0.4, -0.2) is 26.4 Å². The number of benzene rings is 3. The zero-order valence-corrected chi connectivity index (χ0v) is 19.2. The first-order valence-electron chi connectivity index (χ1n) is 9.45. The third-order valence-corrected chi connectivity index (χ3v) is 5.57. The minimum atomic E-state index is -0.313. The van der Waals surface area contributed by atoms with Gasteiger partial charge in [-0.25, -0.2) is 4.39 Å². The molecule has 9 heteroatoms. The summed E-state index contributed by atoms with van der Waals surface area (Å²) in [5, 5.41) is 9.50. The maximum Gasteiger partial charge on any atom is 0.308 e. The topological polar surface area (TPSA) is 56.5 Å². The van der Waals surface area contributed by atoms with Gasteiger partial charge in [0, 0.05) is 22.9 Å². The maximum atomic E-state index is 13.5. The molecule has 0 saturated heterocycles. The van der Waals surface area contributed by atoms with Gasteiger partial charge in [-0.05, 0) is 52.4 Å². The Balaban J connectivity index is 0.00000289. The molecule has 32 heavy (non-hydrogen) atoms. The fourth-order valence-corrected chi connectivity index (χ4v) is 4.16. The van der Waals surface area contributed by atoms with Crippen LogP contribution in [0.5, 0.6) is 17.2 Å². The highest BCUT2D eigenvalue weighted by molar-refractivity contribution is 7.18. The van der Waals surface area contributed by atoms with E-state index in [1.807, 2.05) is 42.5 Å². The molecule has 4 aromatic rings. The number of hydrogen-bond acceptors (Lipinski definition) is 6. The highest BCUT2D eigenvalue weighted by Gasteiger charge is 2.30. The van der Waals surface area contributed by atoms with Crippen LogP contribution in [0.15, 0.2) is 66.7 Å². The van der Waals surface area contributed by atoms with Gasteiger partial charge in [0.15, 0.2) is 11.5 Å². The van der Waals surface area contributed by atoms with Crippen molar-refractivity contribution in [3.63, 3.8) is 0 Å². The van der Waals surface area contributed by atoms with Gasteiger partial charge in [-0.2, -0.15) is 0 Å². The minimum Gasteiger partial charge on any atom is -1.00 e. The predicted octanol–water partition coefficient (Wildman–Crippen LogP) is 2.00. The fourth-order valence-electron chi connectivity index (χ4n) is 3.18. The highest BCUT2D eigenvalue weighted by Crippen LogP contribution is 2.45. The van der Waals surface area contributed by atoms with Crippen LogP contribution in [0.4, 0.5) is 15.2 Å². The Hall–Kier alpha value is -3.36. The monoisotopic (exact) mass is 473 g/mol. The molecule has 0 spiro atoms. The number of nitrogens with zero attached hydrogens (tertiary/aromatic N) is 2. The van der Waals surface area contributed by atoms with Gasteiger partial charge in [-0.3, -0.25) is 0 Å². The van der Waals surface area contributed by atoms with Crippen LogP contribution >= 0.6 is 11.3 Å². The highest BCUT2D eigenvalue weighted by atomic mass is 35.5. The molecule has 0 bridgehead atoms. The molecule has 1 heterocycles. The molecule has 0 unspecified atom stereocenters. The molecular formula is C23H21ClFN3O3S. The summed E-state index contributed by atoms with van der Waals surface area (Å²) in [5.41, 5.74) is 2.39. The Labute approximate surface area is 195 Å². The van der Waals surface area contributed by atoms with E-state index >= 15 is 0 Å². The van der Waals surface area contributed by atoms with Crippen molar-refractivity contribution in [2.24, 2.45) is 0 Å². The summed E-state index contributed by atoms with van der Waals surface area (Å²) in [6.45, 7) is 0. The lowest BCUT2D eigenvalue weighted by Crippen LogP contribution is -3.00. The van der Waals surface area contributed by atoms with Crippen molar-refractivity contribution in [3.05, 3.63) is 72.5 Å². The molecule has 0 saturated carbocycles. The van der Waals surface area contributed by atoms with E-state index in [1.54, 1.807) is 38.1 Å². The van der Waals surface area contributed by atoms with E-state index in [0.29, 0.717) is 28.1 Å². The number of aromatic nitrogens is 2. The van der Waals surface area contributed by atoms with E-state index in [4.69, 9.17) is 19.3 Å². The van der Waals surface area contributed by atoms with Crippen LogP contribution < -0.4 is 36.6 Å². The Bertz CT molecular complexity index is 1190. The number of hydrogen-bond donors (Lipinski definition) is 1. The molecule has 3 aromatic carbocycles. The summed E-state index contributed by atoms with van der Waals surface area (Å²) in [4.78, 5) is 0. The van der Waals surface area contributed by atoms with Gasteiger partial charge in [-0.1, -0.05) is 18.2 Å².